The second-order valence-electron chi connectivity index (χ2n) is 2.59. The number of ether oxygens (including phenoxy) is 1. The summed E-state index contributed by atoms with van der Waals surface area (Å²) in [7, 11) is 1.34. The Morgan fingerprint density at radius 2 is 2.29 bits per heavy atom. The highest BCUT2D eigenvalue weighted by molar-refractivity contribution is 6.13. The Balaban J connectivity index is 3.30. The number of terminal acetylenes is 1. The molecule has 3 nitrogen and oxygen atoms in total. The molecule has 72 valence electrons. The Labute approximate surface area is 81.2 Å². The molecule has 0 unspecified atom stereocenters. The SMILES string of the molecule is C#CC(=N)c1cc(F)c(OC)cc1N. The number of rotatable bonds is 2. The van der Waals surface area contributed by atoms with Crippen LogP contribution < -0.4 is 10.5 Å². The fourth-order valence-electron chi connectivity index (χ4n) is 1.02. The average Bonchev–Trinajstić information content (AvgIpc) is 2.19. The van der Waals surface area contributed by atoms with Crippen LogP contribution in [0.5, 0.6) is 5.75 Å². The molecule has 1 rings (SSSR count). The lowest BCUT2D eigenvalue weighted by Gasteiger charge is -2.07. The van der Waals surface area contributed by atoms with Gasteiger partial charge in [0.2, 0.25) is 0 Å². The molecule has 1 aromatic carbocycles. The van der Waals surface area contributed by atoms with Gasteiger partial charge in [-0.05, 0) is 6.07 Å². The molecule has 0 spiro atoms. The molecule has 0 aliphatic rings. The largest absolute Gasteiger partial charge is 0.494 e. The van der Waals surface area contributed by atoms with Crippen LogP contribution in [0.3, 0.4) is 0 Å². The van der Waals surface area contributed by atoms with E-state index in [0.717, 1.165) is 6.07 Å². The van der Waals surface area contributed by atoms with Crippen molar-refractivity contribution in [1.82, 2.24) is 0 Å². The van der Waals surface area contributed by atoms with E-state index >= 15 is 0 Å². The molecule has 3 N–H and O–H groups in total. The van der Waals surface area contributed by atoms with Crippen LogP contribution in [0.25, 0.3) is 0 Å². The number of nitrogen functional groups attached to an aromatic ring is 1. The first kappa shape index (κ1) is 10.1. The third kappa shape index (κ3) is 1.67. The number of nitrogens with one attached hydrogen (secondary N) is 1. The van der Waals surface area contributed by atoms with Crippen molar-refractivity contribution in [3.05, 3.63) is 23.5 Å². The maximum Gasteiger partial charge on any atom is 0.165 e. The van der Waals surface area contributed by atoms with Gasteiger partial charge in [0.05, 0.1) is 7.11 Å². The maximum atomic E-state index is 13.2. The molecular formula is C10H9FN2O. The molecule has 0 atom stereocenters. The Hall–Kier alpha value is -2.02. The van der Waals surface area contributed by atoms with Crippen LogP contribution in [0, 0.1) is 23.6 Å². The summed E-state index contributed by atoms with van der Waals surface area (Å²) in [6, 6.07) is 2.40. The summed E-state index contributed by atoms with van der Waals surface area (Å²) in [5.41, 5.74) is 5.84. The molecule has 14 heavy (non-hydrogen) atoms. The van der Waals surface area contributed by atoms with Crippen LogP contribution in [0.4, 0.5) is 10.1 Å². The van der Waals surface area contributed by atoms with Gasteiger partial charge in [0.1, 0.15) is 5.71 Å². The lowest BCUT2D eigenvalue weighted by atomic mass is 10.1. The van der Waals surface area contributed by atoms with E-state index in [1.165, 1.54) is 13.2 Å². The summed E-state index contributed by atoms with van der Waals surface area (Å²) >= 11 is 0. The minimum Gasteiger partial charge on any atom is -0.494 e. The minimum absolute atomic E-state index is 0.0380. The van der Waals surface area contributed by atoms with Crippen LogP contribution in [0.1, 0.15) is 5.56 Å². The fraction of sp³-hybridized carbons (Fsp3) is 0.100. The first-order chi connectivity index (χ1) is 6.60. The van der Waals surface area contributed by atoms with Crippen molar-refractivity contribution >= 4 is 11.4 Å². The molecule has 0 aliphatic carbocycles. The summed E-state index contributed by atoms with van der Waals surface area (Å²) in [6.45, 7) is 0. The minimum atomic E-state index is -0.586. The molecule has 0 aliphatic heterocycles. The highest BCUT2D eigenvalue weighted by Gasteiger charge is 2.10. The van der Waals surface area contributed by atoms with Gasteiger partial charge < -0.3 is 10.5 Å². The number of anilines is 1. The van der Waals surface area contributed by atoms with E-state index < -0.39 is 5.82 Å². The predicted molar refractivity (Wildman–Crippen MR) is 53.0 cm³/mol. The molecule has 4 heteroatoms. The van der Waals surface area contributed by atoms with E-state index in [2.05, 4.69) is 5.92 Å². The highest BCUT2D eigenvalue weighted by atomic mass is 19.1. The van der Waals surface area contributed by atoms with Crippen molar-refractivity contribution in [2.75, 3.05) is 12.8 Å². The first-order valence-electron chi connectivity index (χ1n) is 3.78. The predicted octanol–water partition coefficient (Wildman–Crippen LogP) is 1.42. The molecule has 0 bridgehead atoms. The number of halogens is 1. The van der Waals surface area contributed by atoms with Gasteiger partial charge in [-0.15, -0.1) is 6.42 Å². The van der Waals surface area contributed by atoms with Crippen LogP contribution in [-0.2, 0) is 0 Å². The van der Waals surface area contributed by atoms with Crippen molar-refractivity contribution in [1.29, 1.82) is 5.41 Å². The number of nitrogens with two attached hydrogens (primary N) is 1. The van der Waals surface area contributed by atoms with Crippen LogP contribution in [0.15, 0.2) is 12.1 Å². The third-order valence-electron chi connectivity index (χ3n) is 1.74. The average molecular weight is 192 g/mol. The number of benzene rings is 1. The van der Waals surface area contributed by atoms with Crippen LogP contribution in [-0.4, -0.2) is 12.8 Å². The van der Waals surface area contributed by atoms with Gasteiger partial charge in [-0.1, -0.05) is 5.92 Å². The normalized spacial score (nSPS) is 9.21. The zero-order chi connectivity index (χ0) is 10.7. The third-order valence-corrected chi connectivity index (χ3v) is 1.74. The molecule has 0 saturated carbocycles. The summed E-state index contributed by atoms with van der Waals surface area (Å²) in [5, 5.41) is 7.32. The van der Waals surface area contributed by atoms with E-state index in [9.17, 15) is 4.39 Å². The van der Waals surface area contributed by atoms with Gasteiger partial charge >= 0.3 is 0 Å². The Morgan fingerprint density at radius 3 is 2.79 bits per heavy atom. The molecule has 1 aromatic rings. The molecule has 0 heterocycles. The standard InChI is InChI=1S/C10H9FN2O/c1-3-8(12)6-4-7(11)10(14-2)5-9(6)13/h1,4-5,12H,13H2,2H3. The van der Waals surface area contributed by atoms with Crippen molar-refractivity contribution < 1.29 is 9.13 Å². The smallest absolute Gasteiger partial charge is 0.165 e. The molecule has 0 fully saturated rings. The van der Waals surface area contributed by atoms with E-state index in [1.807, 2.05) is 0 Å². The Morgan fingerprint density at radius 1 is 1.64 bits per heavy atom. The van der Waals surface area contributed by atoms with E-state index in [-0.39, 0.29) is 22.7 Å². The van der Waals surface area contributed by atoms with E-state index in [0.29, 0.717) is 0 Å². The summed E-state index contributed by atoms with van der Waals surface area (Å²) in [4.78, 5) is 0. The van der Waals surface area contributed by atoms with Gasteiger partial charge in [-0.2, -0.15) is 0 Å². The summed E-state index contributed by atoms with van der Waals surface area (Å²) in [5.74, 6) is 1.53. The zero-order valence-electron chi connectivity index (χ0n) is 7.60. The molecule has 0 saturated heterocycles. The zero-order valence-corrected chi connectivity index (χ0v) is 7.60. The number of hydrogen-bond acceptors (Lipinski definition) is 3. The lowest BCUT2D eigenvalue weighted by molar-refractivity contribution is 0.387. The highest BCUT2D eigenvalue weighted by Crippen LogP contribution is 2.23. The molecule has 0 radical (unpaired) electrons. The molecular weight excluding hydrogens is 183 g/mol. The van der Waals surface area contributed by atoms with Gasteiger partial charge in [0.25, 0.3) is 0 Å². The quantitative estimate of drug-likeness (QED) is 0.423. The Bertz CT molecular complexity index is 421. The van der Waals surface area contributed by atoms with Crippen molar-refractivity contribution in [2.45, 2.75) is 0 Å². The topological polar surface area (TPSA) is 59.1 Å². The van der Waals surface area contributed by atoms with Crippen molar-refractivity contribution in [3.8, 4) is 18.1 Å². The molecule has 0 amide bonds. The fourth-order valence-corrected chi connectivity index (χ4v) is 1.02. The second kappa shape index (κ2) is 3.79. The van der Waals surface area contributed by atoms with Gasteiger partial charge in [0.15, 0.2) is 11.6 Å². The van der Waals surface area contributed by atoms with Crippen LogP contribution in [0.2, 0.25) is 0 Å². The summed E-state index contributed by atoms with van der Waals surface area (Å²) < 4.78 is 17.9. The second-order valence-corrected chi connectivity index (χ2v) is 2.59. The van der Waals surface area contributed by atoms with Crippen molar-refractivity contribution in [2.24, 2.45) is 0 Å². The van der Waals surface area contributed by atoms with Gasteiger partial charge in [0, 0.05) is 17.3 Å². The van der Waals surface area contributed by atoms with E-state index in [1.54, 1.807) is 0 Å². The number of methoxy groups -OCH3 is 1. The lowest BCUT2D eigenvalue weighted by Crippen LogP contribution is -2.03. The first-order valence-corrected chi connectivity index (χ1v) is 3.78. The number of hydrogen-bond donors (Lipinski definition) is 2. The summed E-state index contributed by atoms with van der Waals surface area (Å²) in [6.07, 6.45) is 5.01. The van der Waals surface area contributed by atoms with E-state index in [4.69, 9.17) is 22.3 Å². The van der Waals surface area contributed by atoms with Gasteiger partial charge in [-0.25, -0.2) is 4.39 Å². The van der Waals surface area contributed by atoms with Crippen LogP contribution >= 0.6 is 0 Å². The monoisotopic (exact) mass is 192 g/mol. The Kier molecular flexibility index (Phi) is 2.73. The van der Waals surface area contributed by atoms with Crippen molar-refractivity contribution in [3.63, 3.8) is 0 Å². The molecule has 0 aromatic heterocycles. The maximum absolute atomic E-state index is 13.2. The van der Waals surface area contributed by atoms with Gasteiger partial charge in [-0.3, -0.25) is 5.41 Å².